The summed E-state index contributed by atoms with van der Waals surface area (Å²) in [5.41, 5.74) is 0.0721. The van der Waals surface area contributed by atoms with E-state index in [1.807, 2.05) is 6.92 Å². The van der Waals surface area contributed by atoms with Gasteiger partial charge in [-0.05, 0) is 61.7 Å². The third-order valence-electron chi connectivity index (χ3n) is 8.77. The van der Waals surface area contributed by atoms with Crippen molar-refractivity contribution in [3.8, 4) is 0 Å². The monoisotopic (exact) mass is 436 g/mol. The van der Waals surface area contributed by atoms with Crippen molar-refractivity contribution in [3.05, 3.63) is 0 Å². The molecule has 3 aliphatic carbocycles. The van der Waals surface area contributed by atoms with Crippen molar-refractivity contribution in [2.75, 3.05) is 13.7 Å². The Morgan fingerprint density at radius 1 is 1.10 bits per heavy atom. The Kier molecular flexibility index (Phi) is 8.42. The fourth-order valence-corrected chi connectivity index (χ4v) is 6.75. The topological polar surface area (TPSA) is 87.7 Å². The zero-order chi connectivity index (χ0) is 22.6. The van der Waals surface area contributed by atoms with E-state index < -0.39 is 6.10 Å². The first-order valence-electron chi connectivity index (χ1n) is 12.5. The quantitative estimate of drug-likeness (QED) is 0.571. The molecule has 3 saturated carbocycles. The number of rotatable bonds is 7. The molecule has 0 spiro atoms. The minimum Gasteiger partial charge on any atom is -0.392 e. The fourth-order valence-electron chi connectivity index (χ4n) is 6.75. The minimum atomic E-state index is -0.514. The van der Waals surface area contributed by atoms with Gasteiger partial charge in [0.2, 0.25) is 11.8 Å². The van der Waals surface area contributed by atoms with Crippen LogP contribution in [0, 0.1) is 29.1 Å². The molecule has 3 rings (SSSR count). The molecule has 0 aromatic heterocycles. The van der Waals surface area contributed by atoms with E-state index in [0.717, 1.165) is 38.5 Å². The van der Waals surface area contributed by atoms with Crippen LogP contribution >= 0.6 is 0 Å². The predicted octanol–water partition coefficient (Wildman–Crippen LogP) is 3.42. The Morgan fingerprint density at radius 2 is 1.77 bits per heavy atom. The van der Waals surface area contributed by atoms with Gasteiger partial charge in [-0.3, -0.25) is 9.59 Å². The van der Waals surface area contributed by atoms with Gasteiger partial charge in [-0.15, -0.1) is 0 Å². The van der Waals surface area contributed by atoms with E-state index in [4.69, 9.17) is 4.74 Å². The van der Waals surface area contributed by atoms with Gasteiger partial charge < -0.3 is 20.5 Å². The van der Waals surface area contributed by atoms with Gasteiger partial charge in [0, 0.05) is 31.5 Å². The van der Waals surface area contributed by atoms with Gasteiger partial charge in [0.15, 0.2) is 0 Å². The van der Waals surface area contributed by atoms with E-state index in [-0.39, 0.29) is 46.9 Å². The number of hydrogen-bond acceptors (Lipinski definition) is 4. The van der Waals surface area contributed by atoms with Crippen LogP contribution in [0.15, 0.2) is 0 Å². The Balaban J connectivity index is 1.64. The normalized spacial score (nSPS) is 37.5. The molecule has 0 heterocycles. The fraction of sp³-hybridized carbons (Fsp3) is 0.920. The third kappa shape index (κ3) is 5.62. The van der Waals surface area contributed by atoms with E-state index >= 15 is 0 Å². The van der Waals surface area contributed by atoms with E-state index in [9.17, 15) is 14.7 Å². The molecule has 0 saturated heterocycles. The van der Waals surface area contributed by atoms with Crippen molar-refractivity contribution in [1.82, 2.24) is 10.6 Å². The Bertz CT molecular complexity index is 621. The van der Waals surface area contributed by atoms with E-state index in [1.165, 1.54) is 19.3 Å². The molecule has 178 valence electrons. The zero-order valence-corrected chi connectivity index (χ0v) is 20.0. The van der Waals surface area contributed by atoms with Gasteiger partial charge in [0.25, 0.3) is 0 Å². The number of carbonyl (C=O) groups excluding carboxylic acids is 2. The van der Waals surface area contributed by atoms with Crippen LogP contribution in [0.2, 0.25) is 0 Å². The lowest BCUT2D eigenvalue weighted by atomic mass is 9.51. The summed E-state index contributed by atoms with van der Waals surface area (Å²) < 4.78 is 5.03. The molecule has 7 atom stereocenters. The van der Waals surface area contributed by atoms with Crippen molar-refractivity contribution in [2.24, 2.45) is 29.1 Å². The predicted molar refractivity (Wildman–Crippen MR) is 121 cm³/mol. The molecule has 1 unspecified atom stereocenters. The van der Waals surface area contributed by atoms with Gasteiger partial charge in [-0.25, -0.2) is 0 Å². The molecule has 3 N–H and O–H groups in total. The summed E-state index contributed by atoms with van der Waals surface area (Å²) in [5, 5.41) is 18.0. The molecule has 3 aliphatic rings. The van der Waals surface area contributed by atoms with Crippen molar-refractivity contribution < 1.29 is 19.4 Å². The summed E-state index contributed by atoms with van der Waals surface area (Å²) in [6.07, 6.45) is 9.55. The zero-order valence-electron chi connectivity index (χ0n) is 20.0. The number of fused-ring (bicyclic) bond motifs is 1. The molecule has 0 aliphatic heterocycles. The lowest BCUT2D eigenvalue weighted by Gasteiger charge is -2.56. The number of hydrogen-bond donors (Lipinski definition) is 3. The van der Waals surface area contributed by atoms with E-state index in [2.05, 4.69) is 24.5 Å². The number of methoxy groups -OCH3 is 1. The molecule has 0 bridgehead atoms. The Hall–Kier alpha value is -1.14. The molecule has 6 heteroatoms. The standard InChI is InChI=1S/C25H44N2O4/c1-16(24(30)26-18-8-6-5-7-9-18)19-10-13-25(3)14-11-20(17(2)22(25)23(19)29)27-21(28)12-15-31-4/h16-20,22-23,29H,5-15H2,1-4H3,(H,26,30)(H,27,28)/t16?,17-,19+,20+,22-,23+,25+/m1/s1. The summed E-state index contributed by atoms with van der Waals surface area (Å²) in [7, 11) is 1.60. The summed E-state index contributed by atoms with van der Waals surface area (Å²) in [6.45, 7) is 6.88. The highest BCUT2D eigenvalue weighted by molar-refractivity contribution is 5.79. The summed E-state index contributed by atoms with van der Waals surface area (Å²) in [4.78, 5) is 25.3. The molecule has 2 amide bonds. The molecule has 0 radical (unpaired) electrons. The lowest BCUT2D eigenvalue weighted by molar-refractivity contribution is -0.144. The smallest absolute Gasteiger partial charge is 0.223 e. The minimum absolute atomic E-state index is 0.0179. The number of amides is 2. The first kappa shape index (κ1) is 24.5. The second-order valence-corrected chi connectivity index (χ2v) is 10.8. The highest BCUT2D eigenvalue weighted by atomic mass is 16.5. The lowest BCUT2D eigenvalue weighted by Crippen LogP contribution is -2.58. The molecular weight excluding hydrogens is 392 g/mol. The van der Waals surface area contributed by atoms with E-state index in [1.54, 1.807) is 7.11 Å². The maximum Gasteiger partial charge on any atom is 0.223 e. The third-order valence-corrected chi connectivity index (χ3v) is 8.77. The number of carbonyl (C=O) groups is 2. The van der Waals surface area contributed by atoms with Crippen LogP contribution in [-0.4, -0.2) is 48.8 Å². The van der Waals surface area contributed by atoms with Gasteiger partial charge in [0.1, 0.15) is 0 Å². The highest BCUT2D eigenvalue weighted by Gasteiger charge is 2.53. The molecule has 31 heavy (non-hydrogen) atoms. The summed E-state index contributed by atoms with van der Waals surface area (Å²) in [6, 6.07) is 0.372. The van der Waals surface area contributed by atoms with Crippen LogP contribution in [0.25, 0.3) is 0 Å². The highest BCUT2D eigenvalue weighted by Crippen LogP contribution is 2.55. The summed E-state index contributed by atoms with van der Waals surface area (Å²) in [5.74, 6) is 0.184. The Morgan fingerprint density at radius 3 is 2.45 bits per heavy atom. The van der Waals surface area contributed by atoms with Crippen LogP contribution in [0.3, 0.4) is 0 Å². The van der Waals surface area contributed by atoms with E-state index in [0.29, 0.717) is 19.1 Å². The van der Waals surface area contributed by atoms with Crippen LogP contribution in [-0.2, 0) is 14.3 Å². The molecule has 3 fully saturated rings. The van der Waals surface area contributed by atoms with Crippen molar-refractivity contribution in [3.63, 3.8) is 0 Å². The van der Waals surface area contributed by atoms with Gasteiger partial charge in [-0.2, -0.15) is 0 Å². The number of nitrogens with one attached hydrogen (secondary N) is 2. The average Bonchev–Trinajstić information content (AvgIpc) is 2.74. The number of ether oxygens (including phenoxy) is 1. The molecule has 0 aromatic rings. The first-order chi connectivity index (χ1) is 14.8. The van der Waals surface area contributed by atoms with Gasteiger partial charge >= 0.3 is 0 Å². The largest absolute Gasteiger partial charge is 0.392 e. The average molecular weight is 437 g/mol. The molecular formula is C25H44N2O4. The van der Waals surface area contributed by atoms with Crippen LogP contribution in [0.4, 0.5) is 0 Å². The maximum absolute atomic E-state index is 13.0. The number of aliphatic hydroxyl groups is 1. The second kappa shape index (κ2) is 10.7. The van der Waals surface area contributed by atoms with Crippen LogP contribution in [0.5, 0.6) is 0 Å². The number of aliphatic hydroxyl groups excluding tert-OH is 1. The Labute approximate surface area is 188 Å². The van der Waals surface area contributed by atoms with Crippen molar-refractivity contribution in [1.29, 1.82) is 0 Å². The van der Waals surface area contributed by atoms with Crippen molar-refractivity contribution in [2.45, 2.75) is 103 Å². The van der Waals surface area contributed by atoms with Crippen LogP contribution in [0.1, 0.15) is 85.0 Å². The van der Waals surface area contributed by atoms with Crippen LogP contribution < -0.4 is 10.6 Å². The SMILES string of the molecule is COCCC(=O)N[C@H]1CC[C@]2(C)CC[C@@H](C(C)C(=O)NC3CCCCC3)[C@H](O)[C@H]2[C@@H]1C. The van der Waals surface area contributed by atoms with Crippen molar-refractivity contribution >= 4 is 11.8 Å². The summed E-state index contributed by atoms with van der Waals surface area (Å²) >= 11 is 0. The van der Waals surface area contributed by atoms with Gasteiger partial charge in [-0.1, -0.05) is 40.0 Å². The van der Waals surface area contributed by atoms with Gasteiger partial charge in [0.05, 0.1) is 12.7 Å². The molecule has 6 nitrogen and oxygen atoms in total. The maximum atomic E-state index is 13.0. The molecule has 0 aromatic carbocycles. The first-order valence-corrected chi connectivity index (χ1v) is 12.5. The second-order valence-electron chi connectivity index (χ2n) is 10.8.